The Morgan fingerprint density at radius 1 is 0.969 bits per heavy atom. The van der Waals surface area contributed by atoms with E-state index >= 15 is 0 Å². The second kappa shape index (κ2) is 9.08. The van der Waals surface area contributed by atoms with E-state index < -0.39 is 0 Å². The minimum absolute atomic E-state index is 0.230. The summed E-state index contributed by atoms with van der Waals surface area (Å²) in [5.74, 6) is 2.54. The number of nitrogens with zero attached hydrogens (tertiary/aromatic N) is 7. The lowest BCUT2D eigenvalue weighted by atomic mass is 10.1. The third-order valence-electron chi connectivity index (χ3n) is 6.05. The van der Waals surface area contributed by atoms with Crippen molar-refractivity contribution in [2.45, 2.75) is 25.8 Å². The number of aromatic nitrogens is 4. The summed E-state index contributed by atoms with van der Waals surface area (Å²) < 4.78 is 0. The number of rotatable bonds is 4. The Balaban J connectivity index is 1.46. The van der Waals surface area contributed by atoms with Crippen LogP contribution in [-0.4, -0.2) is 58.7 Å². The highest BCUT2D eigenvalue weighted by molar-refractivity contribution is 6.33. The van der Waals surface area contributed by atoms with Gasteiger partial charge >= 0.3 is 0 Å². The summed E-state index contributed by atoms with van der Waals surface area (Å²) in [6, 6.07) is 7.93. The number of anilines is 3. The first-order valence-corrected chi connectivity index (χ1v) is 11.7. The van der Waals surface area contributed by atoms with Crippen LogP contribution in [0.15, 0.2) is 42.9 Å². The van der Waals surface area contributed by atoms with Crippen molar-refractivity contribution in [3.63, 3.8) is 0 Å². The zero-order valence-corrected chi connectivity index (χ0v) is 19.5. The molecule has 7 nitrogen and oxygen atoms in total. The minimum Gasteiger partial charge on any atom is -0.352 e. The molecule has 1 unspecified atom stereocenters. The summed E-state index contributed by atoms with van der Waals surface area (Å²) in [7, 11) is 0. The van der Waals surface area contributed by atoms with Gasteiger partial charge in [-0.2, -0.15) is 4.98 Å². The molecule has 0 aromatic carbocycles. The molecule has 5 heterocycles. The van der Waals surface area contributed by atoms with Gasteiger partial charge in [0.05, 0.1) is 15.7 Å². The van der Waals surface area contributed by atoms with Gasteiger partial charge in [0.1, 0.15) is 11.6 Å². The Morgan fingerprint density at radius 2 is 1.81 bits per heavy atom. The van der Waals surface area contributed by atoms with Gasteiger partial charge in [-0.3, -0.25) is 4.98 Å². The van der Waals surface area contributed by atoms with Crippen molar-refractivity contribution in [1.82, 2.24) is 19.9 Å². The van der Waals surface area contributed by atoms with Gasteiger partial charge in [-0.05, 0) is 38.0 Å². The molecule has 0 radical (unpaired) electrons. The SMILES string of the molecule is CC1CN(c2ncccc2Cl)CCN1c1cc(-c2cncc(Cl)c2)nc(N2CCCC2)n1. The third kappa shape index (κ3) is 4.32. The van der Waals surface area contributed by atoms with Crippen LogP contribution in [0.1, 0.15) is 19.8 Å². The lowest BCUT2D eigenvalue weighted by Crippen LogP contribution is -2.52. The summed E-state index contributed by atoms with van der Waals surface area (Å²) in [5, 5.41) is 1.28. The van der Waals surface area contributed by atoms with Crippen LogP contribution in [0.3, 0.4) is 0 Å². The third-order valence-corrected chi connectivity index (χ3v) is 6.55. The van der Waals surface area contributed by atoms with Gasteiger partial charge in [-0.15, -0.1) is 0 Å². The second-order valence-electron chi connectivity index (χ2n) is 8.29. The first-order chi connectivity index (χ1) is 15.6. The average Bonchev–Trinajstić information content (AvgIpc) is 3.34. The largest absolute Gasteiger partial charge is 0.352 e. The van der Waals surface area contributed by atoms with Gasteiger partial charge in [0.15, 0.2) is 0 Å². The van der Waals surface area contributed by atoms with Crippen molar-refractivity contribution >= 4 is 40.8 Å². The molecule has 0 amide bonds. The molecule has 0 N–H and O–H groups in total. The molecule has 2 fully saturated rings. The number of hydrogen-bond acceptors (Lipinski definition) is 7. The Morgan fingerprint density at radius 3 is 2.56 bits per heavy atom. The highest BCUT2D eigenvalue weighted by Gasteiger charge is 2.28. The van der Waals surface area contributed by atoms with Crippen molar-refractivity contribution in [2.75, 3.05) is 47.4 Å². The molecule has 3 aromatic heterocycles. The predicted molar refractivity (Wildman–Crippen MR) is 130 cm³/mol. The molecule has 32 heavy (non-hydrogen) atoms. The van der Waals surface area contributed by atoms with Crippen molar-refractivity contribution in [2.24, 2.45) is 0 Å². The fourth-order valence-electron chi connectivity index (χ4n) is 4.43. The van der Waals surface area contributed by atoms with Gasteiger partial charge in [0.25, 0.3) is 0 Å². The van der Waals surface area contributed by atoms with Gasteiger partial charge in [0, 0.05) is 69.0 Å². The molecule has 166 valence electrons. The smallest absolute Gasteiger partial charge is 0.227 e. The van der Waals surface area contributed by atoms with Crippen LogP contribution >= 0.6 is 23.2 Å². The quantitative estimate of drug-likeness (QED) is 0.554. The van der Waals surface area contributed by atoms with Crippen molar-refractivity contribution in [3.8, 4) is 11.3 Å². The molecule has 9 heteroatoms. The monoisotopic (exact) mass is 469 g/mol. The Bertz CT molecular complexity index is 1100. The van der Waals surface area contributed by atoms with E-state index in [1.165, 1.54) is 12.8 Å². The Hall–Kier alpha value is -2.64. The molecule has 0 bridgehead atoms. The van der Waals surface area contributed by atoms with E-state index in [2.05, 4.69) is 31.6 Å². The lowest BCUT2D eigenvalue weighted by Gasteiger charge is -2.41. The lowest BCUT2D eigenvalue weighted by molar-refractivity contribution is 0.542. The molecule has 2 saturated heterocycles. The molecule has 5 rings (SSSR count). The van der Waals surface area contributed by atoms with Crippen LogP contribution in [0.2, 0.25) is 10.0 Å². The van der Waals surface area contributed by atoms with E-state index in [-0.39, 0.29) is 6.04 Å². The molecule has 1 atom stereocenters. The number of pyridine rings is 2. The van der Waals surface area contributed by atoms with Gasteiger partial charge in [0.2, 0.25) is 5.95 Å². The molecule has 0 aliphatic carbocycles. The number of hydrogen-bond donors (Lipinski definition) is 0. The standard InChI is InChI=1S/C23H25Cl2N7/c1-16-15-31(22-19(25)5-4-6-27-22)9-10-32(16)21-12-20(17-11-18(24)14-26-13-17)28-23(29-21)30-7-2-3-8-30/h4-6,11-14,16H,2-3,7-10,15H2,1H3. The molecule has 2 aliphatic heterocycles. The normalized spacial score (nSPS) is 19.0. The molecular formula is C23H25Cl2N7. The maximum absolute atomic E-state index is 6.39. The predicted octanol–water partition coefficient (Wildman–Crippen LogP) is 4.56. The van der Waals surface area contributed by atoms with Gasteiger partial charge < -0.3 is 14.7 Å². The summed E-state index contributed by atoms with van der Waals surface area (Å²) in [6.07, 6.45) is 7.56. The van der Waals surface area contributed by atoms with Crippen molar-refractivity contribution in [3.05, 3.63) is 52.9 Å². The van der Waals surface area contributed by atoms with Gasteiger partial charge in [-0.1, -0.05) is 23.2 Å². The average molecular weight is 470 g/mol. The molecule has 3 aromatic rings. The molecule has 0 saturated carbocycles. The van der Waals surface area contributed by atoms with Crippen LogP contribution in [0.5, 0.6) is 0 Å². The highest BCUT2D eigenvalue weighted by Crippen LogP contribution is 2.31. The first kappa shape index (κ1) is 21.2. The Kier molecular flexibility index (Phi) is 6.02. The van der Waals surface area contributed by atoms with Gasteiger partial charge in [-0.25, -0.2) is 9.97 Å². The fraction of sp³-hybridized carbons (Fsp3) is 0.391. The van der Waals surface area contributed by atoms with Crippen LogP contribution in [0.4, 0.5) is 17.6 Å². The van der Waals surface area contributed by atoms with Crippen LogP contribution in [0, 0.1) is 0 Å². The van der Waals surface area contributed by atoms with E-state index in [1.807, 2.05) is 24.3 Å². The Labute approximate surface area is 198 Å². The topological polar surface area (TPSA) is 61.3 Å². The molecule has 0 spiro atoms. The maximum Gasteiger partial charge on any atom is 0.227 e. The summed E-state index contributed by atoms with van der Waals surface area (Å²) >= 11 is 12.6. The molecule has 2 aliphatic rings. The van der Waals surface area contributed by atoms with Crippen LogP contribution in [0.25, 0.3) is 11.3 Å². The fourth-order valence-corrected chi connectivity index (χ4v) is 4.84. The van der Waals surface area contributed by atoms with E-state index in [0.717, 1.165) is 61.6 Å². The van der Waals surface area contributed by atoms with Crippen LogP contribution in [-0.2, 0) is 0 Å². The number of piperazine rings is 1. The maximum atomic E-state index is 6.39. The van der Waals surface area contributed by atoms with E-state index in [4.69, 9.17) is 33.2 Å². The van der Waals surface area contributed by atoms with Crippen molar-refractivity contribution < 1.29 is 0 Å². The molecular weight excluding hydrogens is 445 g/mol. The van der Waals surface area contributed by atoms with E-state index in [0.29, 0.717) is 10.0 Å². The van der Waals surface area contributed by atoms with Crippen LogP contribution < -0.4 is 14.7 Å². The van der Waals surface area contributed by atoms with E-state index in [1.54, 1.807) is 18.6 Å². The highest BCUT2D eigenvalue weighted by atomic mass is 35.5. The van der Waals surface area contributed by atoms with Crippen molar-refractivity contribution in [1.29, 1.82) is 0 Å². The second-order valence-corrected chi connectivity index (χ2v) is 9.14. The minimum atomic E-state index is 0.230. The van der Waals surface area contributed by atoms with E-state index in [9.17, 15) is 0 Å². The zero-order valence-electron chi connectivity index (χ0n) is 18.0. The summed E-state index contributed by atoms with van der Waals surface area (Å²) in [5.41, 5.74) is 1.74. The summed E-state index contributed by atoms with van der Waals surface area (Å²) in [6.45, 7) is 6.63. The summed E-state index contributed by atoms with van der Waals surface area (Å²) in [4.78, 5) is 25.4. The number of halogens is 2. The zero-order chi connectivity index (χ0) is 22.1. The first-order valence-electron chi connectivity index (χ1n) is 11.0.